The molecule has 0 bridgehead atoms. The molecule has 0 aliphatic heterocycles. The third kappa shape index (κ3) is 3.74. The summed E-state index contributed by atoms with van der Waals surface area (Å²) in [6.07, 6.45) is 4.15. The largest absolute Gasteiger partial charge is 0.409 e. The maximum Gasteiger partial charge on any atom is 0.171 e. The molecule has 0 unspecified atom stereocenters. The molecule has 1 heterocycles. The number of halogens is 1. The number of oxime groups is 1. The number of pyridine rings is 1. The van der Waals surface area contributed by atoms with Gasteiger partial charge in [0.1, 0.15) is 5.82 Å². The number of anilines is 1. The van der Waals surface area contributed by atoms with Crippen molar-refractivity contribution >= 4 is 23.3 Å². The Bertz CT molecular complexity index is 491. The minimum absolute atomic E-state index is 0.0305. The number of likely N-dealkylation sites (N-methyl/N-ethyl adjacent to an activating group) is 1. The van der Waals surface area contributed by atoms with Gasteiger partial charge in [-0.25, -0.2) is 4.98 Å². The van der Waals surface area contributed by atoms with Crippen molar-refractivity contribution in [1.29, 1.82) is 0 Å². The molecule has 0 amide bonds. The summed E-state index contributed by atoms with van der Waals surface area (Å²) < 4.78 is 5.59. The molecular formula is C13H19ClN4O2. The molecule has 0 spiro atoms. The van der Waals surface area contributed by atoms with Gasteiger partial charge < -0.3 is 20.6 Å². The van der Waals surface area contributed by atoms with E-state index >= 15 is 0 Å². The van der Waals surface area contributed by atoms with Gasteiger partial charge >= 0.3 is 0 Å². The molecule has 1 aliphatic rings. The van der Waals surface area contributed by atoms with E-state index in [1.54, 1.807) is 12.3 Å². The summed E-state index contributed by atoms with van der Waals surface area (Å²) in [4.78, 5) is 6.12. The highest BCUT2D eigenvalue weighted by Gasteiger charge is 2.21. The van der Waals surface area contributed by atoms with Crippen LogP contribution < -0.4 is 10.6 Å². The van der Waals surface area contributed by atoms with Crippen LogP contribution in [0.5, 0.6) is 0 Å². The van der Waals surface area contributed by atoms with Crippen LogP contribution in [0.4, 0.5) is 5.82 Å². The van der Waals surface area contributed by atoms with Crippen LogP contribution in [-0.2, 0) is 4.74 Å². The van der Waals surface area contributed by atoms with Crippen LogP contribution in [0.1, 0.15) is 18.4 Å². The van der Waals surface area contributed by atoms with Crippen molar-refractivity contribution in [2.75, 3.05) is 31.7 Å². The molecule has 1 aliphatic carbocycles. The second-order valence-electron chi connectivity index (χ2n) is 4.92. The molecule has 1 aromatic rings. The van der Waals surface area contributed by atoms with Crippen LogP contribution >= 0.6 is 11.6 Å². The molecule has 0 atom stereocenters. The molecular weight excluding hydrogens is 280 g/mol. The standard InChI is InChI=1S/C13H19ClN4O2/c1-18(6-7-20-8-9-2-3-9)13-11(14)10(4-5-16-13)12(15)17-19/h4-5,9,19H,2-3,6-8H2,1H3,(H2,15,17). The maximum absolute atomic E-state index is 8.72. The summed E-state index contributed by atoms with van der Waals surface area (Å²) in [6.45, 7) is 2.14. The summed E-state index contributed by atoms with van der Waals surface area (Å²) in [5, 5.41) is 12.1. The van der Waals surface area contributed by atoms with Gasteiger partial charge in [0.2, 0.25) is 0 Å². The number of nitrogens with zero attached hydrogens (tertiary/aromatic N) is 3. The van der Waals surface area contributed by atoms with Crippen LogP contribution in [0, 0.1) is 5.92 Å². The first-order valence-corrected chi connectivity index (χ1v) is 6.92. The van der Waals surface area contributed by atoms with Gasteiger partial charge in [-0.05, 0) is 24.8 Å². The lowest BCUT2D eigenvalue weighted by Crippen LogP contribution is -2.25. The average Bonchev–Trinajstić information content (AvgIpc) is 3.27. The Morgan fingerprint density at radius 1 is 1.65 bits per heavy atom. The average molecular weight is 299 g/mol. The first kappa shape index (κ1) is 14.9. The molecule has 3 N–H and O–H groups in total. The fourth-order valence-electron chi connectivity index (χ4n) is 1.79. The maximum atomic E-state index is 8.72. The van der Waals surface area contributed by atoms with Crippen LogP contribution in [0.3, 0.4) is 0 Å². The van der Waals surface area contributed by atoms with Gasteiger partial charge in [0.05, 0.1) is 11.6 Å². The van der Waals surface area contributed by atoms with Crippen LogP contribution in [0.2, 0.25) is 5.02 Å². The van der Waals surface area contributed by atoms with Gasteiger partial charge in [0, 0.05) is 32.0 Å². The monoisotopic (exact) mass is 298 g/mol. The van der Waals surface area contributed by atoms with Crippen molar-refractivity contribution in [2.24, 2.45) is 16.8 Å². The number of amidine groups is 1. The predicted octanol–water partition coefficient (Wildman–Crippen LogP) is 1.69. The van der Waals surface area contributed by atoms with E-state index in [9.17, 15) is 0 Å². The quantitative estimate of drug-likeness (QED) is 0.263. The first-order chi connectivity index (χ1) is 9.63. The van der Waals surface area contributed by atoms with Gasteiger partial charge in [-0.15, -0.1) is 0 Å². The third-order valence-electron chi connectivity index (χ3n) is 3.24. The second kappa shape index (κ2) is 6.76. The van der Waals surface area contributed by atoms with E-state index in [-0.39, 0.29) is 5.84 Å². The summed E-state index contributed by atoms with van der Waals surface area (Å²) in [5.41, 5.74) is 6.03. The number of nitrogens with two attached hydrogens (primary N) is 1. The Labute approximate surface area is 123 Å². The summed E-state index contributed by atoms with van der Waals surface area (Å²) >= 11 is 6.23. The van der Waals surface area contributed by atoms with Crippen molar-refractivity contribution in [3.8, 4) is 0 Å². The van der Waals surface area contributed by atoms with Crippen LogP contribution in [0.25, 0.3) is 0 Å². The van der Waals surface area contributed by atoms with E-state index < -0.39 is 0 Å². The Balaban J connectivity index is 1.95. The van der Waals surface area contributed by atoms with Crippen molar-refractivity contribution in [2.45, 2.75) is 12.8 Å². The minimum Gasteiger partial charge on any atom is -0.409 e. The molecule has 0 aromatic carbocycles. The Hall–Kier alpha value is -1.53. The molecule has 20 heavy (non-hydrogen) atoms. The summed E-state index contributed by atoms with van der Waals surface area (Å²) in [6, 6.07) is 1.61. The zero-order valence-corrected chi connectivity index (χ0v) is 12.2. The highest BCUT2D eigenvalue weighted by atomic mass is 35.5. The number of aromatic nitrogens is 1. The Kier molecular flexibility index (Phi) is 5.03. The van der Waals surface area contributed by atoms with E-state index in [2.05, 4.69) is 10.1 Å². The molecule has 1 saturated carbocycles. The molecule has 0 radical (unpaired) electrons. The molecule has 2 rings (SSSR count). The smallest absolute Gasteiger partial charge is 0.171 e. The van der Waals surface area contributed by atoms with Gasteiger partial charge in [-0.3, -0.25) is 0 Å². The van der Waals surface area contributed by atoms with Gasteiger partial charge in [-0.1, -0.05) is 16.8 Å². The lowest BCUT2D eigenvalue weighted by molar-refractivity contribution is 0.131. The van der Waals surface area contributed by atoms with E-state index in [4.69, 9.17) is 27.3 Å². The van der Waals surface area contributed by atoms with Crippen molar-refractivity contribution in [3.63, 3.8) is 0 Å². The second-order valence-corrected chi connectivity index (χ2v) is 5.30. The molecule has 1 fully saturated rings. The lowest BCUT2D eigenvalue weighted by Gasteiger charge is -2.20. The number of hydrogen-bond donors (Lipinski definition) is 2. The lowest BCUT2D eigenvalue weighted by atomic mass is 10.2. The fourth-order valence-corrected chi connectivity index (χ4v) is 2.15. The van der Waals surface area contributed by atoms with Gasteiger partial charge in [-0.2, -0.15) is 0 Å². The topological polar surface area (TPSA) is 84.0 Å². The number of hydrogen-bond acceptors (Lipinski definition) is 5. The summed E-state index contributed by atoms with van der Waals surface area (Å²) in [7, 11) is 1.88. The molecule has 110 valence electrons. The third-order valence-corrected chi connectivity index (χ3v) is 3.61. The van der Waals surface area contributed by atoms with Crippen molar-refractivity contribution in [3.05, 3.63) is 22.8 Å². The number of ether oxygens (including phenoxy) is 1. The highest BCUT2D eigenvalue weighted by molar-refractivity contribution is 6.36. The molecule has 1 aromatic heterocycles. The van der Waals surface area contributed by atoms with Crippen molar-refractivity contribution < 1.29 is 9.94 Å². The Morgan fingerprint density at radius 3 is 3.05 bits per heavy atom. The normalized spacial score (nSPS) is 15.4. The Morgan fingerprint density at radius 2 is 2.40 bits per heavy atom. The van der Waals surface area contributed by atoms with Crippen LogP contribution in [-0.4, -0.2) is 42.8 Å². The van der Waals surface area contributed by atoms with E-state index in [0.29, 0.717) is 29.6 Å². The summed E-state index contributed by atoms with van der Waals surface area (Å²) in [5.74, 6) is 1.31. The van der Waals surface area contributed by atoms with Gasteiger partial charge in [0.15, 0.2) is 5.84 Å². The minimum atomic E-state index is -0.0305. The van der Waals surface area contributed by atoms with Gasteiger partial charge in [0.25, 0.3) is 0 Å². The molecule has 0 saturated heterocycles. The number of rotatable bonds is 7. The fraction of sp³-hybridized carbons (Fsp3) is 0.538. The first-order valence-electron chi connectivity index (χ1n) is 6.54. The zero-order chi connectivity index (χ0) is 14.5. The van der Waals surface area contributed by atoms with E-state index in [0.717, 1.165) is 12.5 Å². The van der Waals surface area contributed by atoms with E-state index in [1.165, 1.54) is 12.8 Å². The predicted molar refractivity (Wildman–Crippen MR) is 78.6 cm³/mol. The van der Waals surface area contributed by atoms with Crippen molar-refractivity contribution in [1.82, 2.24) is 4.98 Å². The van der Waals surface area contributed by atoms with E-state index in [1.807, 2.05) is 11.9 Å². The highest BCUT2D eigenvalue weighted by Crippen LogP contribution is 2.29. The molecule has 6 nitrogen and oxygen atoms in total. The molecule has 7 heteroatoms. The SMILES string of the molecule is CN(CCOCC1CC1)c1nccc(/C(N)=N/O)c1Cl. The zero-order valence-electron chi connectivity index (χ0n) is 11.4. The van der Waals surface area contributed by atoms with Crippen LogP contribution in [0.15, 0.2) is 17.4 Å².